The first kappa shape index (κ1) is 88.1. The summed E-state index contributed by atoms with van der Waals surface area (Å²) in [6.45, 7) is 0. The average Bonchev–Trinajstić information content (AvgIpc) is 1.53. The second kappa shape index (κ2) is 34.1. The van der Waals surface area contributed by atoms with Crippen LogP contribution in [0.1, 0.15) is 89.0 Å². The minimum atomic E-state index is -0.240. The van der Waals surface area contributed by atoms with Crippen molar-refractivity contribution in [2.45, 2.75) is 73.0 Å². The Morgan fingerprint density at radius 1 is 0.182 bits per heavy atom. The standard InChI is InChI=1S/C83H54N3.C59H40N.2Ir/c1-2-17-57-49-82(48-56(57)16-1)73-44-53(31-35-65(73)67-37-33-63(46-75(67)82)85-78-27-9-5-22-69(78)70-23-6-10-28-79(70)85)61-41-60(52-20-15-21-55(40-52)77-26-13-14-39-84-77)42-62(43-61)54-32-36-66-68-38-34-64(86-80-29-11-7-24-71(80)72-25-8-12-30-81(72)86)47-76(68)83(74(66)45-54)50-58-18-3-4-19-59(58)51-83;1-2-13-43-35-58(34-42(43)12-1)53-20-7-5-18-49(53)51-25-23-39(32-55(51)58)47-29-46(38-16-11-17-41(28-38)57-22-9-10-27-60-57)30-48(31-47)40-24-26-52-50-19-6-8-21-54(50)59(56(52)33-40)36-44-14-3-4-15-45(44)37-59;;/h1-20,22-47H,48-51H2;1-16,18-33H,34-37H2;;/q2*-1;;. The number of benzene rings is 20. The van der Waals surface area contributed by atoms with Gasteiger partial charge in [0.2, 0.25) is 0 Å². The fourth-order valence-electron chi connectivity index (χ4n) is 28.1. The van der Waals surface area contributed by atoms with E-state index in [1.807, 2.05) is 36.7 Å². The summed E-state index contributed by atoms with van der Waals surface area (Å²) in [4.78, 5) is 9.46. The molecule has 24 aromatic rings. The van der Waals surface area contributed by atoms with Crippen molar-refractivity contribution >= 4 is 43.6 Å². The van der Waals surface area contributed by atoms with E-state index in [1.54, 1.807) is 0 Å². The largest absolute Gasteiger partial charge is 0.309 e. The number of rotatable bonds is 10. The predicted molar refractivity (Wildman–Crippen MR) is 599 cm³/mol. The van der Waals surface area contributed by atoms with Crippen molar-refractivity contribution in [1.29, 1.82) is 0 Å². The molecule has 4 heterocycles. The van der Waals surface area contributed by atoms with Crippen molar-refractivity contribution in [3.63, 3.8) is 0 Å². The molecule has 32 rings (SSSR count). The molecule has 0 saturated heterocycles. The van der Waals surface area contributed by atoms with Crippen LogP contribution in [0.4, 0.5) is 0 Å². The molecule has 148 heavy (non-hydrogen) atoms. The van der Waals surface area contributed by atoms with Crippen molar-refractivity contribution in [1.82, 2.24) is 19.1 Å². The van der Waals surface area contributed by atoms with Gasteiger partial charge in [0.05, 0.1) is 22.1 Å². The molecule has 2 radical (unpaired) electrons. The molecule has 0 fully saturated rings. The fourth-order valence-corrected chi connectivity index (χ4v) is 28.1. The van der Waals surface area contributed by atoms with E-state index in [1.165, 1.54) is 239 Å². The van der Waals surface area contributed by atoms with E-state index in [0.717, 1.165) is 90.6 Å². The van der Waals surface area contributed by atoms with Crippen molar-refractivity contribution in [3.05, 3.63) is 575 Å². The number of hydrogen-bond acceptors (Lipinski definition) is 2. The van der Waals surface area contributed by atoms with Gasteiger partial charge in [-0.05, 0) is 373 Å². The molecule has 4 spiro atoms. The third-order valence-corrected chi connectivity index (χ3v) is 34.7. The van der Waals surface area contributed by atoms with Crippen molar-refractivity contribution in [2.75, 3.05) is 0 Å². The summed E-state index contributed by atoms with van der Waals surface area (Å²) in [5.41, 5.74) is 59.0. The number of para-hydroxylation sites is 4. The molecule has 0 N–H and O–H groups in total. The first-order valence-electron chi connectivity index (χ1n) is 51.7. The van der Waals surface area contributed by atoms with Crippen LogP contribution in [0.5, 0.6) is 0 Å². The molecule has 4 aromatic heterocycles. The molecule has 4 nitrogen and oxygen atoms in total. The van der Waals surface area contributed by atoms with Gasteiger partial charge in [-0.15, -0.1) is 70.8 Å². The zero-order valence-electron chi connectivity index (χ0n) is 81.1. The number of pyridine rings is 2. The van der Waals surface area contributed by atoms with Gasteiger partial charge in [0.1, 0.15) is 0 Å². The van der Waals surface area contributed by atoms with Crippen LogP contribution in [-0.2, 0) is 113 Å². The molecule has 8 aliphatic carbocycles. The van der Waals surface area contributed by atoms with Crippen LogP contribution < -0.4 is 0 Å². The average molecular weight is 2240 g/mol. The molecule has 20 aromatic carbocycles. The van der Waals surface area contributed by atoms with Gasteiger partial charge < -0.3 is 19.1 Å². The summed E-state index contributed by atoms with van der Waals surface area (Å²) >= 11 is 0. The van der Waals surface area contributed by atoms with Gasteiger partial charge in [-0.1, -0.05) is 303 Å². The zero-order chi connectivity index (χ0) is 95.7. The Morgan fingerprint density at radius 3 is 0.696 bits per heavy atom. The van der Waals surface area contributed by atoms with Crippen LogP contribution in [0.15, 0.2) is 473 Å². The maximum absolute atomic E-state index is 4.77. The maximum atomic E-state index is 4.77. The summed E-state index contributed by atoms with van der Waals surface area (Å²) in [5.74, 6) is 0. The Balaban J connectivity index is 0.000000146. The first-order valence-corrected chi connectivity index (χ1v) is 51.7. The molecule has 0 saturated carbocycles. The molecule has 0 bridgehead atoms. The van der Waals surface area contributed by atoms with E-state index in [-0.39, 0.29) is 61.9 Å². The zero-order valence-corrected chi connectivity index (χ0v) is 85.9. The molecule has 6 heteroatoms. The van der Waals surface area contributed by atoms with E-state index in [2.05, 4.69) is 463 Å². The maximum Gasteiger partial charge on any atom is 0.0541 e. The Bertz CT molecular complexity index is 9020. The normalized spacial score (nSPS) is 14.6. The summed E-state index contributed by atoms with van der Waals surface area (Å²) in [5, 5.41) is 5.12. The van der Waals surface area contributed by atoms with E-state index in [0.29, 0.717) is 0 Å². The van der Waals surface area contributed by atoms with E-state index < -0.39 is 0 Å². The third-order valence-electron chi connectivity index (χ3n) is 34.7. The topological polar surface area (TPSA) is 35.6 Å². The summed E-state index contributed by atoms with van der Waals surface area (Å²) in [6, 6.07) is 181. The number of hydrogen-bond donors (Lipinski definition) is 0. The van der Waals surface area contributed by atoms with Crippen LogP contribution in [0, 0.1) is 12.1 Å². The Labute approximate surface area is 888 Å². The van der Waals surface area contributed by atoms with Crippen LogP contribution in [0.3, 0.4) is 0 Å². The number of aromatic nitrogens is 4. The van der Waals surface area contributed by atoms with Crippen LogP contribution in [0.25, 0.3) is 189 Å². The summed E-state index contributed by atoms with van der Waals surface area (Å²) < 4.78 is 4.97. The minimum absolute atomic E-state index is 0. The summed E-state index contributed by atoms with van der Waals surface area (Å²) in [7, 11) is 0. The quantitative estimate of drug-likeness (QED) is 0.128. The molecule has 0 amide bonds. The Kier molecular flexibility index (Phi) is 20.3. The molecule has 0 unspecified atom stereocenters. The van der Waals surface area contributed by atoms with Crippen molar-refractivity contribution in [2.24, 2.45) is 0 Å². The van der Waals surface area contributed by atoms with Gasteiger partial charge in [-0.2, -0.15) is 0 Å². The third kappa shape index (κ3) is 13.4. The molecule has 8 aliphatic rings. The van der Waals surface area contributed by atoms with Crippen molar-refractivity contribution < 1.29 is 40.2 Å². The van der Waals surface area contributed by atoms with E-state index in [9.17, 15) is 0 Å². The number of fused-ring (bicyclic) bond motifs is 30. The first-order chi connectivity index (χ1) is 72.2. The molecule has 702 valence electrons. The molecule has 0 atom stereocenters. The monoisotopic (exact) mass is 2240 g/mol. The van der Waals surface area contributed by atoms with Gasteiger partial charge in [0.15, 0.2) is 0 Å². The second-order valence-electron chi connectivity index (χ2n) is 42.2. The van der Waals surface area contributed by atoms with Gasteiger partial charge in [0, 0.05) is 107 Å². The van der Waals surface area contributed by atoms with Crippen LogP contribution >= 0.6 is 0 Å². The van der Waals surface area contributed by atoms with Gasteiger partial charge >= 0.3 is 0 Å². The smallest absolute Gasteiger partial charge is 0.0541 e. The van der Waals surface area contributed by atoms with E-state index >= 15 is 0 Å². The summed E-state index contributed by atoms with van der Waals surface area (Å²) in [6.07, 6.45) is 11.7. The van der Waals surface area contributed by atoms with Gasteiger partial charge in [-0.3, -0.25) is 0 Å². The minimum Gasteiger partial charge on any atom is -0.309 e. The van der Waals surface area contributed by atoms with Crippen LogP contribution in [0.2, 0.25) is 0 Å². The van der Waals surface area contributed by atoms with Crippen LogP contribution in [-0.4, -0.2) is 19.1 Å². The Hall–Kier alpha value is -16.4. The molecule has 0 aliphatic heterocycles. The van der Waals surface area contributed by atoms with Crippen molar-refractivity contribution in [3.8, 4) is 145 Å². The van der Waals surface area contributed by atoms with Gasteiger partial charge in [-0.25, -0.2) is 0 Å². The molecular formula is C142H94Ir2N4-2. The van der Waals surface area contributed by atoms with Gasteiger partial charge in [0.25, 0.3) is 0 Å². The number of nitrogens with zero attached hydrogens (tertiary/aromatic N) is 4. The molecular weight excluding hydrogens is 2150 g/mol. The predicted octanol–water partition coefficient (Wildman–Crippen LogP) is 33.5. The second-order valence-corrected chi connectivity index (χ2v) is 42.2. The Morgan fingerprint density at radius 2 is 0.412 bits per heavy atom. The SMILES string of the molecule is [Ir].[Ir].[c-]1ccc(-c2cc(-c3ccc4c(c3)C3(Cc5ccccc5C3)c3cc(-n5c6ccccc6c6ccccc65)ccc3-4)cc(-c3ccc4c(c3)C3(Cc5ccccc5C3)c3cc(-n5c6ccccc6c6ccccc65)ccc3-4)c2)cc1-c1ccccn1.[c-]1ccc(-c2cc(-c3ccc4c(c3)C3(Cc5ccccc5C3)c3ccccc3-4)cc(-c3ccc4c(c3)C3(Cc5ccccc5C3)c3ccccc3-4)c2)cc1-c1ccccn1. The fraction of sp³-hybridized carbons (Fsp3) is 0.0845. The van der Waals surface area contributed by atoms with E-state index in [4.69, 9.17) is 4.98 Å².